The summed E-state index contributed by atoms with van der Waals surface area (Å²) in [6.07, 6.45) is 0. The summed E-state index contributed by atoms with van der Waals surface area (Å²) in [6, 6.07) is 8.74. The Morgan fingerprint density at radius 1 is 1.13 bits per heavy atom. The maximum Gasteiger partial charge on any atom is 0.271 e. The van der Waals surface area contributed by atoms with Crippen LogP contribution in [0.1, 0.15) is 0 Å². The van der Waals surface area contributed by atoms with E-state index in [1.165, 1.54) is 30.3 Å². The Balaban J connectivity index is 2.01. The molecule has 120 valence electrons. The highest BCUT2D eigenvalue weighted by Crippen LogP contribution is 2.33. The molecule has 0 radical (unpaired) electrons. The summed E-state index contributed by atoms with van der Waals surface area (Å²) in [7, 11) is 0. The molecule has 0 atom stereocenters. The van der Waals surface area contributed by atoms with Crippen molar-refractivity contribution in [1.29, 1.82) is 0 Å². The second-order valence-corrected chi connectivity index (χ2v) is 5.70. The molecule has 0 spiro atoms. The maximum absolute atomic E-state index is 11.9. The van der Waals surface area contributed by atoms with Crippen LogP contribution in [0.2, 0.25) is 15.1 Å². The number of nitrogens with one attached hydrogen (secondary N) is 2. The smallest absolute Gasteiger partial charge is 0.271 e. The van der Waals surface area contributed by atoms with Gasteiger partial charge in [0.05, 0.1) is 27.2 Å². The molecular weight excluding hydrogens is 365 g/mol. The van der Waals surface area contributed by atoms with Crippen LogP contribution in [0.25, 0.3) is 0 Å². The van der Waals surface area contributed by atoms with Gasteiger partial charge in [-0.1, -0.05) is 40.9 Å². The van der Waals surface area contributed by atoms with Crippen LogP contribution in [0.5, 0.6) is 0 Å². The third-order valence-corrected chi connectivity index (χ3v) is 3.60. The third-order valence-electron chi connectivity index (χ3n) is 2.78. The third kappa shape index (κ3) is 4.72. The topological polar surface area (TPSA) is 84.3 Å². The minimum Gasteiger partial charge on any atom is -0.376 e. The number of halogens is 3. The van der Waals surface area contributed by atoms with Crippen molar-refractivity contribution in [3.8, 4) is 0 Å². The SMILES string of the molecule is O=C(CNc1cccc([N+](=O)[O-])c1)Nc1c(Cl)cc(Cl)cc1Cl. The first-order chi connectivity index (χ1) is 10.9. The lowest BCUT2D eigenvalue weighted by atomic mass is 10.3. The Kier molecular flexibility index (Phi) is 5.65. The first-order valence-corrected chi connectivity index (χ1v) is 7.43. The van der Waals surface area contributed by atoms with Gasteiger partial charge >= 0.3 is 0 Å². The van der Waals surface area contributed by atoms with Crippen LogP contribution in [-0.2, 0) is 4.79 Å². The monoisotopic (exact) mass is 373 g/mol. The number of rotatable bonds is 5. The molecule has 0 heterocycles. The van der Waals surface area contributed by atoms with Crippen molar-refractivity contribution in [2.24, 2.45) is 0 Å². The fraction of sp³-hybridized carbons (Fsp3) is 0.0714. The fourth-order valence-electron chi connectivity index (χ4n) is 1.76. The molecular formula is C14H10Cl3N3O3. The lowest BCUT2D eigenvalue weighted by Gasteiger charge is -2.11. The second kappa shape index (κ2) is 7.50. The predicted octanol–water partition coefficient (Wildman–Crippen LogP) is 4.61. The minimum absolute atomic E-state index is 0.0702. The molecule has 2 aromatic rings. The quantitative estimate of drug-likeness (QED) is 0.591. The van der Waals surface area contributed by atoms with Crippen LogP contribution in [0.4, 0.5) is 17.1 Å². The number of anilines is 2. The highest BCUT2D eigenvalue weighted by Gasteiger charge is 2.12. The molecule has 0 fully saturated rings. The molecule has 0 aliphatic rings. The number of nitro groups is 1. The molecule has 0 saturated heterocycles. The van der Waals surface area contributed by atoms with Crippen molar-refractivity contribution in [3.63, 3.8) is 0 Å². The van der Waals surface area contributed by atoms with E-state index in [0.717, 1.165) is 0 Å². The lowest BCUT2D eigenvalue weighted by molar-refractivity contribution is -0.384. The van der Waals surface area contributed by atoms with E-state index in [9.17, 15) is 14.9 Å². The zero-order chi connectivity index (χ0) is 17.0. The van der Waals surface area contributed by atoms with E-state index in [1.54, 1.807) is 6.07 Å². The van der Waals surface area contributed by atoms with E-state index in [4.69, 9.17) is 34.8 Å². The molecule has 1 amide bonds. The highest BCUT2D eigenvalue weighted by molar-refractivity contribution is 6.42. The number of non-ortho nitro benzene ring substituents is 1. The number of benzene rings is 2. The molecule has 0 saturated carbocycles. The number of nitro benzene ring substituents is 1. The summed E-state index contributed by atoms with van der Waals surface area (Å²) in [5.74, 6) is -0.414. The standard InChI is InChI=1S/C14H10Cl3N3O3/c15-8-4-11(16)14(12(17)5-8)19-13(21)7-18-9-2-1-3-10(6-9)20(22)23/h1-6,18H,7H2,(H,19,21). The summed E-state index contributed by atoms with van der Waals surface area (Å²) < 4.78 is 0. The van der Waals surface area contributed by atoms with Crippen molar-refractivity contribution in [2.45, 2.75) is 0 Å². The average molecular weight is 375 g/mol. The van der Waals surface area contributed by atoms with Gasteiger partial charge in [-0.15, -0.1) is 0 Å². The summed E-state index contributed by atoms with van der Waals surface area (Å²) in [5.41, 5.74) is 0.630. The average Bonchev–Trinajstić information content (AvgIpc) is 2.49. The predicted molar refractivity (Wildman–Crippen MR) is 91.7 cm³/mol. The Bertz CT molecular complexity index is 745. The number of amides is 1. The molecule has 0 unspecified atom stereocenters. The largest absolute Gasteiger partial charge is 0.376 e. The Hall–Kier alpha value is -2.02. The number of nitrogens with zero attached hydrogens (tertiary/aromatic N) is 1. The first kappa shape index (κ1) is 17.3. The number of hydrogen-bond acceptors (Lipinski definition) is 4. The molecule has 0 aliphatic heterocycles. The van der Waals surface area contributed by atoms with Gasteiger partial charge in [0, 0.05) is 22.8 Å². The summed E-state index contributed by atoms with van der Waals surface area (Å²) in [5, 5.41) is 16.8. The zero-order valence-electron chi connectivity index (χ0n) is 11.5. The fourth-order valence-corrected chi connectivity index (χ4v) is 2.67. The van der Waals surface area contributed by atoms with Gasteiger partial charge in [0.1, 0.15) is 0 Å². The van der Waals surface area contributed by atoms with E-state index in [0.29, 0.717) is 10.7 Å². The number of carbonyl (C=O) groups excluding carboxylic acids is 1. The summed E-state index contributed by atoms with van der Waals surface area (Å²) >= 11 is 17.7. The van der Waals surface area contributed by atoms with Crippen LogP contribution in [0, 0.1) is 10.1 Å². The molecule has 0 bridgehead atoms. The Morgan fingerprint density at radius 2 is 1.78 bits per heavy atom. The van der Waals surface area contributed by atoms with Gasteiger partial charge in [-0.2, -0.15) is 0 Å². The van der Waals surface area contributed by atoms with Crippen LogP contribution in [0.15, 0.2) is 36.4 Å². The first-order valence-electron chi connectivity index (χ1n) is 6.29. The van der Waals surface area contributed by atoms with E-state index in [2.05, 4.69) is 10.6 Å². The van der Waals surface area contributed by atoms with Crippen LogP contribution in [-0.4, -0.2) is 17.4 Å². The molecule has 9 heteroatoms. The molecule has 6 nitrogen and oxygen atoms in total. The number of carbonyl (C=O) groups is 1. The van der Waals surface area contributed by atoms with E-state index < -0.39 is 10.8 Å². The van der Waals surface area contributed by atoms with Gasteiger partial charge < -0.3 is 10.6 Å². The van der Waals surface area contributed by atoms with Crippen LogP contribution in [0.3, 0.4) is 0 Å². The van der Waals surface area contributed by atoms with Crippen molar-refractivity contribution < 1.29 is 9.72 Å². The highest BCUT2D eigenvalue weighted by atomic mass is 35.5. The molecule has 23 heavy (non-hydrogen) atoms. The van der Waals surface area contributed by atoms with E-state index in [1.807, 2.05) is 0 Å². The van der Waals surface area contributed by atoms with Gasteiger partial charge in [0.25, 0.3) is 5.69 Å². The zero-order valence-corrected chi connectivity index (χ0v) is 13.7. The van der Waals surface area contributed by atoms with Gasteiger partial charge in [-0.25, -0.2) is 0 Å². The summed E-state index contributed by atoms with van der Waals surface area (Å²) in [4.78, 5) is 22.1. The maximum atomic E-state index is 11.9. The van der Waals surface area contributed by atoms with Crippen molar-refractivity contribution >= 4 is 57.8 Å². The van der Waals surface area contributed by atoms with Gasteiger partial charge in [0.15, 0.2) is 0 Å². The van der Waals surface area contributed by atoms with Crippen molar-refractivity contribution in [1.82, 2.24) is 0 Å². The lowest BCUT2D eigenvalue weighted by Crippen LogP contribution is -2.22. The van der Waals surface area contributed by atoms with E-state index in [-0.39, 0.29) is 28.0 Å². The van der Waals surface area contributed by atoms with Gasteiger partial charge in [-0.05, 0) is 18.2 Å². The Labute approximate surface area is 146 Å². The normalized spacial score (nSPS) is 10.2. The Morgan fingerprint density at radius 3 is 2.39 bits per heavy atom. The minimum atomic E-state index is -0.515. The molecule has 0 aromatic heterocycles. The second-order valence-electron chi connectivity index (χ2n) is 4.45. The molecule has 2 N–H and O–H groups in total. The summed E-state index contributed by atoms with van der Waals surface area (Å²) in [6.45, 7) is -0.115. The van der Waals surface area contributed by atoms with Crippen LogP contribution < -0.4 is 10.6 Å². The van der Waals surface area contributed by atoms with Crippen LogP contribution >= 0.6 is 34.8 Å². The van der Waals surface area contributed by atoms with Crippen molar-refractivity contribution in [3.05, 3.63) is 61.6 Å². The van der Waals surface area contributed by atoms with Gasteiger partial charge in [0.2, 0.25) is 5.91 Å². The number of hydrogen-bond donors (Lipinski definition) is 2. The van der Waals surface area contributed by atoms with Crippen molar-refractivity contribution in [2.75, 3.05) is 17.2 Å². The molecule has 2 rings (SSSR count). The molecule has 2 aromatic carbocycles. The molecule has 0 aliphatic carbocycles. The van der Waals surface area contributed by atoms with E-state index >= 15 is 0 Å². The van der Waals surface area contributed by atoms with Gasteiger partial charge in [-0.3, -0.25) is 14.9 Å².